The van der Waals surface area contributed by atoms with Crippen LogP contribution in [-0.2, 0) is 0 Å². The molecule has 0 spiro atoms. The van der Waals surface area contributed by atoms with E-state index in [9.17, 15) is 4.39 Å². The normalized spacial score (nSPS) is 12.2. The van der Waals surface area contributed by atoms with Crippen molar-refractivity contribution in [3.8, 4) is 0 Å². The molecular formula is C15H16ClFN2. The van der Waals surface area contributed by atoms with Crippen LogP contribution in [0.1, 0.15) is 11.6 Å². The summed E-state index contributed by atoms with van der Waals surface area (Å²) in [4.78, 5) is 2.00. The smallest absolute Gasteiger partial charge is 0.123 e. The molecule has 0 aliphatic carbocycles. The van der Waals surface area contributed by atoms with Crippen LogP contribution in [0.25, 0.3) is 0 Å². The van der Waals surface area contributed by atoms with Crippen molar-refractivity contribution < 1.29 is 4.39 Å². The molecule has 0 fully saturated rings. The summed E-state index contributed by atoms with van der Waals surface area (Å²) >= 11 is 6.21. The molecule has 0 radical (unpaired) electrons. The molecule has 0 saturated heterocycles. The zero-order valence-electron chi connectivity index (χ0n) is 10.7. The molecule has 0 bridgehead atoms. The first kappa shape index (κ1) is 13.8. The van der Waals surface area contributed by atoms with E-state index in [1.807, 2.05) is 36.2 Å². The number of halogens is 2. The Morgan fingerprint density at radius 1 is 1.16 bits per heavy atom. The molecule has 0 saturated carbocycles. The fraction of sp³-hybridized carbons (Fsp3) is 0.200. The Labute approximate surface area is 117 Å². The van der Waals surface area contributed by atoms with Crippen LogP contribution in [-0.4, -0.2) is 13.6 Å². The Bertz CT molecular complexity index is 542. The van der Waals surface area contributed by atoms with Gasteiger partial charge in [-0.15, -0.1) is 0 Å². The minimum atomic E-state index is -0.251. The van der Waals surface area contributed by atoms with E-state index in [-0.39, 0.29) is 11.9 Å². The van der Waals surface area contributed by atoms with Gasteiger partial charge in [-0.1, -0.05) is 29.8 Å². The molecule has 0 aliphatic heterocycles. The van der Waals surface area contributed by atoms with Gasteiger partial charge in [-0.05, 0) is 35.9 Å². The highest BCUT2D eigenvalue weighted by molar-refractivity contribution is 6.31. The topological polar surface area (TPSA) is 29.3 Å². The Morgan fingerprint density at radius 3 is 2.37 bits per heavy atom. The SMILES string of the molecule is CN(c1ccc(F)cc1)C(CN)c1ccccc1Cl. The molecule has 2 N–H and O–H groups in total. The second kappa shape index (κ2) is 6.04. The van der Waals surface area contributed by atoms with Crippen LogP contribution in [0.3, 0.4) is 0 Å². The van der Waals surface area contributed by atoms with Gasteiger partial charge in [-0.25, -0.2) is 4.39 Å². The zero-order chi connectivity index (χ0) is 13.8. The molecule has 1 unspecified atom stereocenters. The average molecular weight is 279 g/mol. The van der Waals surface area contributed by atoms with Crippen molar-refractivity contribution in [2.24, 2.45) is 5.73 Å². The minimum absolute atomic E-state index is 0.0424. The summed E-state index contributed by atoms with van der Waals surface area (Å²) < 4.78 is 13.0. The van der Waals surface area contributed by atoms with Crippen molar-refractivity contribution in [2.75, 3.05) is 18.5 Å². The van der Waals surface area contributed by atoms with Gasteiger partial charge in [0.25, 0.3) is 0 Å². The highest BCUT2D eigenvalue weighted by Gasteiger charge is 2.18. The third-order valence-electron chi connectivity index (χ3n) is 3.19. The van der Waals surface area contributed by atoms with Crippen LogP contribution in [0.5, 0.6) is 0 Å². The number of benzene rings is 2. The van der Waals surface area contributed by atoms with E-state index < -0.39 is 0 Å². The molecule has 19 heavy (non-hydrogen) atoms. The van der Waals surface area contributed by atoms with Crippen molar-refractivity contribution in [1.82, 2.24) is 0 Å². The lowest BCUT2D eigenvalue weighted by Crippen LogP contribution is -2.30. The molecule has 2 nitrogen and oxygen atoms in total. The van der Waals surface area contributed by atoms with Gasteiger partial charge in [0.05, 0.1) is 6.04 Å². The fourth-order valence-corrected chi connectivity index (χ4v) is 2.36. The van der Waals surface area contributed by atoms with Crippen LogP contribution in [0.15, 0.2) is 48.5 Å². The van der Waals surface area contributed by atoms with Crippen LogP contribution >= 0.6 is 11.6 Å². The van der Waals surface area contributed by atoms with E-state index in [0.717, 1.165) is 11.3 Å². The second-order valence-electron chi connectivity index (χ2n) is 4.36. The maximum atomic E-state index is 13.0. The molecule has 2 rings (SSSR count). The first-order chi connectivity index (χ1) is 9.13. The van der Waals surface area contributed by atoms with Crippen LogP contribution in [0.2, 0.25) is 5.02 Å². The third-order valence-corrected chi connectivity index (χ3v) is 3.53. The molecule has 2 aromatic carbocycles. The number of rotatable bonds is 4. The van der Waals surface area contributed by atoms with E-state index in [0.29, 0.717) is 11.6 Å². The number of nitrogens with two attached hydrogens (primary N) is 1. The fourth-order valence-electron chi connectivity index (χ4n) is 2.10. The average Bonchev–Trinajstić information content (AvgIpc) is 2.42. The summed E-state index contributed by atoms with van der Waals surface area (Å²) in [5.74, 6) is -0.251. The molecular weight excluding hydrogens is 263 g/mol. The van der Waals surface area contributed by atoms with Crippen molar-refractivity contribution in [2.45, 2.75) is 6.04 Å². The minimum Gasteiger partial charge on any atom is -0.366 e. The Kier molecular flexibility index (Phi) is 4.40. The summed E-state index contributed by atoms with van der Waals surface area (Å²) in [5, 5.41) is 0.687. The van der Waals surface area contributed by atoms with Gasteiger partial charge in [-0.2, -0.15) is 0 Å². The van der Waals surface area contributed by atoms with Crippen molar-refractivity contribution >= 4 is 17.3 Å². The van der Waals surface area contributed by atoms with Gasteiger partial charge in [0.2, 0.25) is 0 Å². The molecule has 4 heteroatoms. The summed E-state index contributed by atoms with van der Waals surface area (Å²) in [5.41, 5.74) is 7.74. The van der Waals surface area contributed by atoms with E-state index >= 15 is 0 Å². The first-order valence-corrected chi connectivity index (χ1v) is 6.44. The van der Waals surface area contributed by atoms with Crippen LogP contribution in [0.4, 0.5) is 10.1 Å². The van der Waals surface area contributed by atoms with Gasteiger partial charge >= 0.3 is 0 Å². The van der Waals surface area contributed by atoms with Crippen molar-refractivity contribution in [3.05, 3.63) is 64.9 Å². The lowest BCUT2D eigenvalue weighted by Gasteiger charge is -2.30. The second-order valence-corrected chi connectivity index (χ2v) is 4.77. The van der Waals surface area contributed by atoms with Gasteiger partial charge < -0.3 is 10.6 Å². The molecule has 1 atom stereocenters. The molecule has 0 aromatic heterocycles. The van der Waals surface area contributed by atoms with Crippen molar-refractivity contribution in [3.63, 3.8) is 0 Å². The Balaban J connectivity index is 2.32. The molecule has 0 amide bonds. The maximum Gasteiger partial charge on any atom is 0.123 e. The number of hydrogen-bond acceptors (Lipinski definition) is 2. The predicted octanol–water partition coefficient (Wildman–Crippen LogP) is 3.62. The molecule has 0 heterocycles. The van der Waals surface area contributed by atoms with E-state index in [2.05, 4.69) is 0 Å². The Hall–Kier alpha value is -1.58. The standard InChI is InChI=1S/C15H16ClFN2/c1-19(12-8-6-11(17)7-9-12)15(10-18)13-4-2-3-5-14(13)16/h2-9,15H,10,18H2,1H3. The predicted molar refractivity (Wildman–Crippen MR) is 78.1 cm³/mol. The Morgan fingerprint density at radius 2 is 1.79 bits per heavy atom. The monoisotopic (exact) mass is 278 g/mol. The third kappa shape index (κ3) is 3.06. The summed E-state index contributed by atoms with van der Waals surface area (Å²) in [6, 6.07) is 13.9. The summed E-state index contributed by atoms with van der Waals surface area (Å²) in [6.07, 6.45) is 0. The zero-order valence-corrected chi connectivity index (χ0v) is 11.4. The summed E-state index contributed by atoms with van der Waals surface area (Å²) in [7, 11) is 1.92. The number of hydrogen-bond donors (Lipinski definition) is 1. The number of anilines is 1. The molecule has 2 aromatic rings. The van der Waals surface area contributed by atoms with Gasteiger partial charge in [0, 0.05) is 24.3 Å². The van der Waals surface area contributed by atoms with Gasteiger partial charge in [0.15, 0.2) is 0 Å². The maximum absolute atomic E-state index is 13.0. The van der Waals surface area contributed by atoms with E-state index in [4.69, 9.17) is 17.3 Å². The van der Waals surface area contributed by atoms with E-state index in [1.165, 1.54) is 12.1 Å². The van der Waals surface area contributed by atoms with E-state index in [1.54, 1.807) is 12.1 Å². The highest BCUT2D eigenvalue weighted by atomic mass is 35.5. The number of nitrogens with zero attached hydrogens (tertiary/aromatic N) is 1. The summed E-state index contributed by atoms with van der Waals surface area (Å²) in [6.45, 7) is 0.428. The lowest BCUT2D eigenvalue weighted by atomic mass is 10.0. The van der Waals surface area contributed by atoms with Crippen LogP contribution in [0, 0.1) is 5.82 Å². The van der Waals surface area contributed by atoms with Crippen LogP contribution < -0.4 is 10.6 Å². The largest absolute Gasteiger partial charge is 0.366 e. The van der Waals surface area contributed by atoms with Crippen molar-refractivity contribution in [1.29, 1.82) is 0 Å². The first-order valence-electron chi connectivity index (χ1n) is 6.06. The quantitative estimate of drug-likeness (QED) is 0.926. The molecule has 100 valence electrons. The van der Waals surface area contributed by atoms with Gasteiger partial charge in [-0.3, -0.25) is 0 Å². The lowest BCUT2D eigenvalue weighted by molar-refractivity contribution is 0.626. The van der Waals surface area contributed by atoms with Gasteiger partial charge in [0.1, 0.15) is 5.82 Å². The number of likely N-dealkylation sites (N-methyl/N-ethyl adjacent to an activating group) is 1. The highest BCUT2D eigenvalue weighted by Crippen LogP contribution is 2.29. The molecule has 0 aliphatic rings.